The third kappa shape index (κ3) is 5.11. The quantitative estimate of drug-likeness (QED) is 0.467. The van der Waals surface area contributed by atoms with Gasteiger partial charge in [0.2, 0.25) is 0 Å². The molecule has 1 amide bonds. The average molecular weight is 509 g/mol. The van der Waals surface area contributed by atoms with Gasteiger partial charge in [0.15, 0.2) is 9.84 Å². The number of benzene rings is 3. The van der Waals surface area contributed by atoms with Gasteiger partial charge in [-0.05, 0) is 35.6 Å². The lowest BCUT2D eigenvalue weighted by molar-refractivity contribution is 0.0727. The largest absolute Gasteiger partial charge is 0.508 e. The zero-order valence-electron chi connectivity index (χ0n) is 19.7. The van der Waals surface area contributed by atoms with E-state index in [1.54, 1.807) is 4.90 Å². The third-order valence-electron chi connectivity index (χ3n) is 6.67. The second-order valence-corrected chi connectivity index (χ2v) is 11.5. The average Bonchev–Trinajstić information content (AvgIpc) is 3.20. The van der Waals surface area contributed by atoms with Crippen LogP contribution in [0.25, 0.3) is 0 Å². The Morgan fingerprint density at radius 2 is 1.89 bits per heavy atom. The summed E-state index contributed by atoms with van der Waals surface area (Å²) in [5, 5.41) is 24.0. The molecule has 3 N–H and O–H groups in total. The molecule has 3 aromatic carbocycles. The van der Waals surface area contributed by atoms with Gasteiger partial charge < -0.3 is 25.2 Å². The van der Waals surface area contributed by atoms with E-state index in [0.29, 0.717) is 25.9 Å². The van der Waals surface area contributed by atoms with Crippen LogP contribution in [0.3, 0.4) is 0 Å². The van der Waals surface area contributed by atoms with E-state index in [1.165, 1.54) is 6.07 Å². The first-order valence-corrected chi connectivity index (χ1v) is 13.7. The highest BCUT2D eigenvalue weighted by atomic mass is 32.2. The van der Waals surface area contributed by atoms with Gasteiger partial charge in [-0.3, -0.25) is 4.79 Å². The number of aromatic hydroxyl groups is 2. The molecule has 0 radical (unpaired) electrons. The Morgan fingerprint density at radius 3 is 2.64 bits per heavy atom. The van der Waals surface area contributed by atoms with Crippen molar-refractivity contribution in [3.63, 3.8) is 0 Å². The van der Waals surface area contributed by atoms with Crippen LogP contribution < -0.4 is 10.1 Å². The molecule has 2 heterocycles. The lowest BCUT2D eigenvalue weighted by Gasteiger charge is -2.31. The molecule has 0 spiro atoms. The smallest absolute Gasteiger partial charge is 0.261 e. The molecule has 2 aliphatic heterocycles. The minimum atomic E-state index is -3.02. The monoisotopic (exact) mass is 508 g/mol. The first kappa shape index (κ1) is 24.0. The van der Waals surface area contributed by atoms with E-state index < -0.39 is 15.7 Å². The van der Waals surface area contributed by atoms with Crippen LogP contribution in [-0.4, -0.2) is 53.5 Å². The van der Waals surface area contributed by atoms with Crippen molar-refractivity contribution < 1.29 is 28.2 Å². The molecule has 1 atom stereocenters. The second kappa shape index (κ2) is 9.73. The molecule has 1 unspecified atom stereocenters. The molecule has 0 bridgehead atoms. The number of anilines is 1. The van der Waals surface area contributed by atoms with Gasteiger partial charge in [-0.1, -0.05) is 42.5 Å². The van der Waals surface area contributed by atoms with Crippen LogP contribution in [-0.2, 0) is 29.4 Å². The van der Waals surface area contributed by atoms with Crippen LogP contribution in [0.15, 0.2) is 60.7 Å². The van der Waals surface area contributed by atoms with E-state index in [1.807, 2.05) is 48.5 Å². The minimum Gasteiger partial charge on any atom is -0.508 e. The van der Waals surface area contributed by atoms with Gasteiger partial charge in [-0.2, -0.15) is 0 Å². The number of hydrogen-bond donors (Lipinski definition) is 3. The molecule has 9 heteroatoms. The topological polar surface area (TPSA) is 116 Å². The van der Waals surface area contributed by atoms with Gasteiger partial charge in [-0.15, -0.1) is 0 Å². The molecule has 5 rings (SSSR count). The summed E-state index contributed by atoms with van der Waals surface area (Å²) >= 11 is 0. The Labute approximate surface area is 210 Å². The predicted molar refractivity (Wildman–Crippen MR) is 136 cm³/mol. The molecule has 1 fully saturated rings. The fourth-order valence-electron chi connectivity index (χ4n) is 4.83. The molecule has 0 aliphatic carbocycles. The molecular formula is C27H28N2O6S. The lowest BCUT2D eigenvalue weighted by atomic mass is 9.96. The summed E-state index contributed by atoms with van der Waals surface area (Å²) in [5.41, 5.74) is 3.74. The summed E-state index contributed by atoms with van der Waals surface area (Å²) in [6, 6.07) is 17.6. The van der Waals surface area contributed by atoms with Crippen LogP contribution in [0, 0.1) is 0 Å². The maximum absolute atomic E-state index is 13.6. The van der Waals surface area contributed by atoms with Crippen molar-refractivity contribution in [2.45, 2.75) is 32.0 Å². The van der Waals surface area contributed by atoms with Gasteiger partial charge in [-0.25, -0.2) is 8.42 Å². The molecule has 188 valence electrons. The number of phenols is 2. The molecule has 2 aliphatic rings. The fourth-order valence-corrected chi connectivity index (χ4v) is 6.50. The first-order valence-electron chi connectivity index (χ1n) is 11.9. The minimum absolute atomic E-state index is 0.000456. The summed E-state index contributed by atoms with van der Waals surface area (Å²) in [5.74, 6) is -0.571. The number of nitrogens with one attached hydrogen (secondary N) is 1. The summed E-state index contributed by atoms with van der Waals surface area (Å²) in [6.45, 7) is 0.923. The van der Waals surface area contributed by atoms with Crippen molar-refractivity contribution in [2.24, 2.45) is 0 Å². The summed E-state index contributed by atoms with van der Waals surface area (Å²) in [6.07, 6.45) is 1.18. The van der Waals surface area contributed by atoms with E-state index >= 15 is 0 Å². The number of carbonyl (C=O) groups is 1. The number of hydrogen-bond acceptors (Lipinski definition) is 7. The van der Waals surface area contributed by atoms with E-state index in [-0.39, 0.29) is 47.0 Å². The zero-order chi connectivity index (χ0) is 25.3. The van der Waals surface area contributed by atoms with Crippen LogP contribution in [0.1, 0.15) is 33.5 Å². The van der Waals surface area contributed by atoms with Crippen molar-refractivity contribution in [3.05, 3.63) is 82.9 Å². The molecule has 1 saturated heterocycles. The Bertz CT molecular complexity index is 1390. The van der Waals surface area contributed by atoms with Crippen molar-refractivity contribution in [2.75, 3.05) is 23.4 Å². The number of sulfone groups is 1. The fraction of sp³-hybridized carbons (Fsp3) is 0.296. The molecular weight excluding hydrogens is 480 g/mol. The summed E-state index contributed by atoms with van der Waals surface area (Å²) in [4.78, 5) is 15.3. The van der Waals surface area contributed by atoms with Crippen molar-refractivity contribution in [1.29, 1.82) is 0 Å². The maximum atomic E-state index is 13.6. The number of nitrogens with zero attached hydrogens (tertiary/aromatic N) is 1. The normalized spacial score (nSPS) is 18.4. The third-order valence-corrected chi connectivity index (χ3v) is 8.44. The van der Waals surface area contributed by atoms with E-state index in [9.17, 15) is 23.4 Å². The Hall–Kier alpha value is -3.72. The Balaban J connectivity index is 1.38. The highest BCUT2D eigenvalue weighted by Crippen LogP contribution is 2.36. The van der Waals surface area contributed by atoms with Crippen molar-refractivity contribution in [3.8, 4) is 17.2 Å². The van der Waals surface area contributed by atoms with Gasteiger partial charge in [0.05, 0.1) is 11.5 Å². The van der Waals surface area contributed by atoms with Gasteiger partial charge in [0.1, 0.15) is 29.4 Å². The lowest BCUT2D eigenvalue weighted by Crippen LogP contribution is -2.37. The maximum Gasteiger partial charge on any atom is 0.261 e. The van der Waals surface area contributed by atoms with Crippen LogP contribution in [0.5, 0.6) is 17.2 Å². The molecule has 0 saturated carbocycles. The standard InChI is InChI=1S/C27H28N2O6S/c30-21-13-24(31)26(25(14-21)35-16-18-5-2-1-3-6-18)27(32)29-11-9-19-7-4-8-23(22(19)15-29)28-20-10-12-36(33,34)17-20/h1-8,13-14,20,28,30-31H,9-12,15-17H2. The molecule has 3 aromatic rings. The summed E-state index contributed by atoms with van der Waals surface area (Å²) < 4.78 is 29.7. The van der Waals surface area contributed by atoms with Gasteiger partial charge in [0.25, 0.3) is 5.91 Å². The van der Waals surface area contributed by atoms with Crippen LogP contribution in [0.2, 0.25) is 0 Å². The SMILES string of the molecule is O=C(c1c(O)cc(O)cc1OCc1ccccc1)N1CCc2cccc(NC3CCS(=O)(=O)C3)c2C1. The number of rotatable bonds is 6. The van der Waals surface area contributed by atoms with Crippen molar-refractivity contribution >= 4 is 21.4 Å². The number of phenolic OH excluding ortho intramolecular Hbond substituents is 2. The number of fused-ring (bicyclic) bond motifs is 1. The van der Waals surface area contributed by atoms with E-state index in [2.05, 4.69) is 5.32 Å². The highest BCUT2D eigenvalue weighted by molar-refractivity contribution is 7.91. The molecule has 0 aromatic heterocycles. The van der Waals surface area contributed by atoms with E-state index in [4.69, 9.17) is 4.74 Å². The predicted octanol–water partition coefficient (Wildman–Crippen LogP) is 3.47. The van der Waals surface area contributed by atoms with Crippen molar-refractivity contribution in [1.82, 2.24) is 4.90 Å². The Kier molecular flexibility index (Phi) is 6.49. The van der Waals surface area contributed by atoms with Gasteiger partial charge >= 0.3 is 0 Å². The molecule has 8 nitrogen and oxygen atoms in total. The van der Waals surface area contributed by atoms with Crippen LogP contribution in [0.4, 0.5) is 5.69 Å². The number of carbonyl (C=O) groups excluding carboxylic acids is 1. The van der Waals surface area contributed by atoms with Crippen LogP contribution >= 0.6 is 0 Å². The number of ether oxygens (including phenoxy) is 1. The molecule has 36 heavy (non-hydrogen) atoms. The van der Waals surface area contributed by atoms with E-state index in [0.717, 1.165) is 28.4 Å². The Morgan fingerprint density at radius 1 is 1.08 bits per heavy atom. The second-order valence-electron chi connectivity index (χ2n) is 9.28. The summed E-state index contributed by atoms with van der Waals surface area (Å²) in [7, 11) is -3.02. The first-order chi connectivity index (χ1) is 17.3. The highest BCUT2D eigenvalue weighted by Gasteiger charge is 2.31. The zero-order valence-corrected chi connectivity index (χ0v) is 20.5. The van der Waals surface area contributed by atoms with Gasteiger partial charge in [0, 0.05) is 37.0 Å². The number of amides is 1.